The van der Waals surface area contributed by atoms with Gasteiger partial charge in [-0.2, -0.15) is 4.89 Å². The Balaban J connectivity index is 2.66. The molecule has 100 valence electrons. The van der Waals surface area contributed by atoms with E-state index in [1.165, 1.54) is 7.11 Å². The molecule has 0 saturated heterocycles. The normalized spacial score (nSPS) is 10.8. The first-order valence-corrected chi connectivity index (χ1v) is 5.92. The van der Waals surface area contributed by atoms with Crippen molar-refractivity contribution in [3.05, 3.63) is 63.3 Å². The Bertz CT molecular complexity index is 911. The predicted octanol–water partition coefficient (Wildman–Crippen LogP) is 2.25. The zero-order valence-electron chi connectivity index (χ0n) is 10.6. The van der Waals surface area contributed by atoms with E-state index in [9.17, 15) is 9.59 Å². The van der Waals surface area contributed by atoms with Gasteiger partial charge in [-0.25, -0.2) is 9.59 Å². The Hall–Kier alpha value is -2.66. The van der Waals surface area contributed by atoms with E-state index in [0.717, 1.165) is 0 Å². The summed E-state index contributed by atoms with van der Waals surface area (Å²) < 4.78 is 4.84. The highest BCUT2D eigenvalue weighted by Crippen LogP contribution is 2.26. The topological polar surface area (TPSA) is 65.7 Å². The molecule has 0 aliphatic heterocycles. The summed E-state index contributed by atoms with van der Waals surface area (Å²) in [6.07, 6.45) is 0. The molecule has 20 heavy (non-hydrogen) atoms. The molecular formula is C15H10O5. The predicted molar refractivity (Wildman–Crippen MR) is 73.9 cm³/mol. The number of benzene rings is 2. The Kier molecular flexibility index (Phi) is 2.96. The molecule has 0 atom stereocenters. The molecule has 0 fully saturated rings. The molecule has 0 amide bonds. The summed E-state index contributed by atoms with van der Waals surface area (Å²) in [6, 6.07) is 11.9. The Morgan fingerprint density at radius 3 is 2.30 bits per heavy atom. The third kappa shape index (κ3) is 1.85. The molecule has 0 N–H and O–H groups in total. The lowest BCUT2D eigenvalue weighted by atomic mass is 10.1. The fourth-order valence-corrected chi connectivity index (χ4v) is 2.21. The Morgan fingerprint density at radius 2 is 1.55 bits per heavy atom. The van der Waals surface area contributed by atoms with Crippen LogP contribution < -0.4 is 16.1 Å². The molecular weight excluding hydrogens is 260 g/mol. The molecule has 0 radical (unpaired) electrons. The van der Waals surface area contributed by atoms with E-state index in [2.05, 4.69) is 4.89 Å². The van der Waals surface area contributed by atoms with Crippen molar-refractivity contribution in [3.63, 3.8) is 0 Å². The van der Waals surface area contributed by atoms with Gasteiger partial charge in [-0.05, 0) is 17.5 Å². The van der Waals surface area contributed by atoms with Crippen molar-refractivity contribution in [2.24, 2.45) is 0 Å². The summed E-state index contributed by atoms with van der Waals surface area (Å²) in [7, 11) is 1.33. The first-order valence-electron chi connectivity index (χ1n) is 5.92. The van der Waals surface area contributed by atoms with Crippen LogP contribution in [-0.4, -0.2) is 7.11 Å². The Morgan fingerprint density at radius 1 is 0.850 bits per heavy atom. The van der Waals surface area contributed by atoms with E-state index in [-0.39, 0.29) is 11.1 Å². The van der Waals surface area contributed by atoms with Gasteiger partial charge in [0.05, 0.1) is 12.5 Å². The van der Waals surface area contributed by atoms with Gasteiger partial charge in [-0.15, -0.1) is 0 Å². The van der Waals surface area contributed by atoms with Gasteiger partial charge in [0.1, 0.15) is 5.39 Å². The third-order valence-corrected chi connectivity index (χ3v) is 3.03. The van der Waals surface area contributed by atoms with Crippen molar-refractivity contribution < 1.29 is 14.2 Å². The van der Waals surface area contributed by atoms with E-state index in [1.54, 1.807) is 42.5 Å². The highest BCUT2D eigenvalue weighted by Gasteiger charge is 2.12. The molecule has 3 rings (SSSR count). The lowest BCUT2D eigenvalue weighted by molar-refractivity contribution is -0.176. The summed E-state index contributed by atoms with van der Waals surface area (Å²) in [4.78, 5) is 33.6. The monoisotopic (exact) mass is 270 g/mol. The van der Waals surface area contributed by atoms with Crippen LogP contribution in [0.4, 0.5) is 0 Å². The van der Waals surface area contributed by atoms with E-state index < -0.39 is 11.3 Å². The number of hydrogen-bond acceptors (Lipinski definition) is 5. The molecule has 2 aromatic carbocycles. The van der Waals surface area contributed by atoms with E-state index in [1.807, 2.05) is 0 Å². The largest absolute Gasteiger partial charge is 0.386 e. The second-order valence-corrected chi connectivity index (χ2v) is 4.15. The smallest absolute Gasteiger partial charge is 0.350 e. The molecule has 0 saturated carbocycles. The summed E-state index contributed by atoms with van der Waals surface area (Å²) in [5, 5.41) is 1.72. The van der Waals surface area contributed by atoms with Gasteiger partial charge in [-0.1, -0.05) is 30.3 Å². The minimum Gasteiger partial charge on any atom is -0.386 e. The molecule has 3 aromatic rings. The summed E-state index contributed by atoms with van der Waals surface area (Å²) in [5.74, 6) is 0.208. The maximum absolute atomic E-state index is 12.1. The van der Waals surface area contributed by atoms with Gasteiger partial charge >= 0.3 is 11.3 Å². The van der Waals surface area contributed by atoms with Crippen molar-refractivity contribution >= 4 is 21.5 Å². The maximum Gasteiger partial charge on any atom is 0.350 e. The zero-order chi connectivity index (χ0) is 14.1. The number of rotatable bonds is 2. The van der Waals surface area contributed by atoms with Gasteiger partial charge in [0.25, 0.3) is 0 Å². The molecule has 1 aromatic heterocycles. The highest BCUT2D eigenvalue weighted by atomic mass is 17.2. The maximum atomic E-state index is 12.1. The molecule has 0 spiro atoms. The van der Waals surface area contributed by atoms with Gasteiger partial charge in [0, 0.05) is 5.39 Å². The average Bonchev–Trinajstić information content (AvgIpc) is 2.57. The highest BCUT2D eigenvalue weighted by molar-refractivity contribution is 6.06. The standard InChI is InChI=1S/C15H10O5/c1-18-20-12-8-4-7-10-9-5-2-3-6-11(9)14(16)19-15(17)13(10)12/h2-8H,1H3. The number of hydrogen-bond donors (Lipinski definition) is 0. The molecule has 5 nitrogen and oxygen atoms in total. The van der Waals surface area contributed by atoms with Gasteiger partial charge in [0.15, 0.2) is 5.75 Å². The van der Waals surface area contributed by atoms with Crippen molar-refractivity contribution in [2.45, 2.75) is 0 Å². The van der Waals surface area contributed by atoms with Crippen molar-refractivity contribution in [1.29, 1.82) is 0 Å². The second kappa shape index (κ2) is 4.79. The van der Waals surface area contributed by atoms with Crippen LogP contribution in [0.25, 0.3) is 21.5 Å². The quantitative estimate of drug-likeness (QED) is 0.528. The fourth-order valence-electron chi connectivity index (χ4n) is 2.21. The molecule has 1 heterocycles. The lowest BCUT2D eigenvalue weighted by Crippen LogP contribution is -2.06. The van der Waals surface area contributed by atoms with E-state index in [4.69, 9.17) is 9.30 Å². The van der Waals surface area contributed by atoms with Gasteiger partial charge in [0.2, 0.25) is 0 Å². The molecule has 0 unspecified atom stereocenters. The zero-order valence-corrected chi connectivity index (χ0v) is 10.6. The van der Waals surface area contributed by atoms with Crippen LogP contribution in [0.1, 0.15) is 0 Å². The van der Waals surface area contributed by atoms with Gasteiger partial charge in [-0.3, -0.25) is 0 Å². The van der Waals surface area contributed by atoms with E-state index >= 15 is 0 Å². The van der Waals surface area contributed by atoms with Crippen LogP contribution in [0, 0.1) is 0 Å². The van der Waals surface area contributed by atoms with Crippen LogP contribution in [0.3, 0.4) is 0 Å². The first kappa shape index (κ1) is 12.4. The van der Waals surface area contributed by atoms with Crippen molar-refractivity contribution in [2.75, 3.05) is 7.11 Å². The first-order chi connectivity index (χ1) is 9.72. The summed E-state index contributed by atoms with van der Waals surface area (Å²) in [5.41, 5.74) is -1.43. The van der Waals surface area contributed by atoms with Crippen molar-refractivity contribution in [3.8, 4) is 5.75 Å². The minimum absolute atomic E-state index is 0.174. The minimum atomic E-state index is -0.756. The van der Waals surface area contributed by atoms with Crippen molar-refractivity contribution in [1.82, 2.24) is 0 Å². The van der Waals surface area contributed by atoms with Crippen LogP contribution in [0.15, 0.2) is 56.5 Å². The lowest BCUT2D eigenvalue weighted by Gasteiger charge is -2.02. The molecule has 0 bridgehead atoms. The number of fused-ring (bicyclic) bond motifs is 3. The molecule has 5 heteroatoms. The second-order valence-electron chi connectivity index (χ2n) is 4.15. The van der Waals surface area contributed by atoms with Crippen LogP contribution >= 0.6 is 0 Å². The molecule has 0 aliphatic carbocycles. The van der Waals surface area contributed by atoms with Crippen LogP contribution in [-0.2, 0) is 4.89 Å². The van der Waals surface area contributed by atoms with E-state index in [0.29, 0.717) is 16.2 Å². The fraction of sp³-hybridized carbons (Fsp3) is 0.0667. The van der Waals surface area contributed by atoms with Crippen LogP contribution in [0.5, 0.6) is 5.75 Å². The molecule has 0 aliphatic rings. The average molecular weight is 270 g/mol. The van der Waals surface area contributed by atoms with Gasteiger partial charge < -0.3 is 9.30 Å². The summed E-state index contributed by atoms with van der Waals surface area (Å²) >= 11 is 0. The Labute approximate surface area is 112 Å². The SMILES string of the molecule is COOc1cccc2c1c(=O)oc(=O)c1ccccc12. The third-order valence-electron chi connectivity index (χ3n) is 3.03. The summed E-state index contributed by atoms with van der Waals surface area (Å²) in [6.45, 7) is 0. The van der Waals surface area contributed by atoms with Crippen LogP contribution in [0.2, 0.25) is 0 Å².